The van der Waals surface area contributed by atoms with E-state index in [1.54, 1.807) is 27.9 Å². The lowest BCUT2D eigenvalue weighted by atomic mass is 10.2. The van der Waals surface area contributed by atoms with Crippen molar-refractivity contribution in [2.45, 2.75) is 13.5 Å². The molecule has 27 heavy (non-hydrogen) atoms. The van der Waals surface area contributed by atoms with Crippen molar-refractivity contribution in [2.75, 3.05) is 31.1 Å². The molecule has 0 atom stereocenters. The summed E-state index contributed by atoms with van der Waals surface area (Å²) >= 11 is 0. The van der Waals surface area contributed by atoms with E-state index in [1.165, 1.54) is 12.1 Å². The lowest BCUT2D eigenvalue weighted by molar-refractivity contribution is -0.120. The summed E-state index contributed by atoms with van der Waals surface area (Å²) < 4.78 is 14.7. The molecular weight excluding hydrogens is 462 g/mol. The minimum absolute atomic E-state index is 0. The molecule has 1 fully saturated rings. The van der Waals surface area contributed by atoms with Crippen LogP contribution >= 0.6 is 24.0 Å². The number of anilines is 1. The van der Waals surface area contributed by atoms with Crippen LogP contribution in [0.5, 0.6) is 0 Å². The number of aryl methyl sites for hydroxylation is 1. The van der Waals surface area contributed by atoms with Crippen LogP contribution < -0.4 is 10.2 Å². The number of carbonyl (C=O) groups excluding carboxylic acids is 1. The van der Waals surface area contributed by atoms with Gasteiger partial charge in [0.15, 0.2) is 5.96 Å². The number of nitrogens with zero attached hydrogens (tertiary/aromatic N) is 5. The Bertz CT molecular complexity index is 791. The third kappa shape index (κ3) is 5.41. The molecule has 1 saturated heterocycles. The van der Waals surface area contributed by atoms with Crippen molar-refractivity contribution >= 4 is 41.5 Å². The van der Waals surface area contributed by atoms with Gasteiger partial charge in [0.1, 0.15) is 12.4 Å². The summed E-state index contributed by atoms with van der Waals surface area (Å²) in [5.41, 5.74) is 1.73. The van der Waals surface area contributed by atoms with Crippen LogP contribution in [-0.2, 0) is 18.4 Å². The molecule has 1 aliphatic heterocycles. The molecule has 2 heterocycles. The van der Waals surface area contributed by atoms with Gasteiger partial charge < -0.3 is 15.1 Å². The van der Waals surface area contributed by atoms with Gasteiger partial charge >= 0.3 is 0 Å². The average molecular weight is 486 g/mol. The lowest BCUT2D eigenvalue weighted by Gasteiger charge is -2.35. The second-order valence-corrected chi connectivity index (χ2v) is 6.14. The molecule has 0 spiro atoms. The summed E-state index contributed by atoms with van der Waals surface area (Å²) in [6, 6.07) is 6.28. The van der Waals surface area contributed by atoms with E-state index < -0.39 is 0 Å². The zero-order valence-electron chi connectivity index (χ0n) is 15.4. The molecule has 3 rings (SSSR count). The molecule has 1 amide bonds. The second-order valence-electron chi connectivity index (χ2n) is 6.14. The summed E-state index contributed by atoms with van der Waals surface area (Å²) in [6.45, 7) is 4.63. The van der Waals surface area contributed by atoms with Crippen LogP contribution in [0.2, 0.25) is 0 Å². The summed E-state index contributed by atoms with van der Waals surface area (Å²) in [7, 11) is 1.83. The highest BCUT2D eigenvalue weighted by molar-refractivity contribution is 14.0. The minimum atomic E-state index is -0.262. The number of hydrogen-bond donors (Lipinski definition) is 1. The molecule has 1 aliphatic rings. The molecule has 0 radical (unpaired) electrons. The minimum Gasteiger partial charge on any atom is -0.356 e. The largest absolute Gasteiger partial charge is 0.356 e. The first-order valence-corrected chi connectivity index (χ1v) is 8.63. The molecule has 1 N–H and O–H groups in total. The van der Waals surface area contributed by atoms with Gasteiger partial charge in [-0.3, -0.25) is 9.48 Å². The van der Waals surface area contributed by atoms with Crippen molar-refractivity contribution in [1.29, 1.82) is 0 Å². The van der Waals surface area contributed by atoms with E-state index in [1.807, 2.05) is 25.1 Å². The molecule has 0 saturated carbocycles. The monoisotopic (exact) mass is 486 g/mol. The van der Waals surface area contributed by atoms with E-state index in [2.05, 4.69) is 15.4 Å². The van der Waals surface area contributed by atoms with Gasteiger partial charge in [0.05, 0.1) is 18.4 Å². The Morgan fingerprint density at radius 3 is 2.63 bits per heavy atom. The van der Waals surface area contributed by atoms with Crippen molar-refractivity contribution in [2.24, 2.45) is 12.0 Å². The molecular formula is C18H24FIN6O. The number of nitrogens with one attached hydrogen (secondary N) is 1. The number of hydrogen-bond acceptors (Lipinski definition) is 3. The van der Waals surface area contributed by atoms with Crippen molar-refractivity contribution in [3.63, 3.8) is 0 Å². The Balaban J connectivity index is 0.00000261. The maximum atomic E-state index is 13.0. The Labute approximate surface area is 175 Å². The number of rotatable bonds is 4. The van der Waals surface area contributed by atoms with Crippen LogP contribution in [0.3, 0.4) is 0 Å². The first-order valence-electron chi connectivity index (χ1n) is 8.63. The molecule has 0 unspecified atom stereocenters. The van der Waals surface area contributed by atoms with Crippen LogP contribution in [0.1, 0.15) is 12.5 Å². The SMILES string of the molecule is CCNC(=NCc1ccc(F)cc1)N1CCN(c2cnn(C)c2)C(=O)C1.I. The Hall–Kier alpha value is -2.17. The van der Waals surface area contributed by atoms with E-state index in [9.17, 15) is 9.18 Å². The maximum absolute atomic E-state index is 13.0. The molecule has 9 heteroatoms. The number of carbonyl (C=O) groups is 1. The van der Waals surface area contributed by atoms with E-state index in [0.29, 0.717) is 32.1 Å². The lowest BCUT2D eigenvalue weighted by Crippen LogP contribution is -2.55. The third-order valence-corrected chi connectivity index (χ3v) is 4.18. The van der Waals surface area contributed by atoms with Gasteiger partial charge in [-0.2, -0.15) is 5.10 Å². The summed E-state index contributed by atoms with van der Waals surface area (Å²) in [4.78, 5) is 20.8. The quantitative estimate of drug-likeness (QED) is 0.408. The molecule has 146 valence electrons. The molecule has 1 aromatic carbocycles. The first-order chi connectivity index (χ1) is 12.6. The summed E-state index contributed by atoms with van der Waals surface area (Å²) in [6.07, 6.45) is 3.53. The number of piperazine rings is 1. The second kappa shape index (κ2) is 9.67. The predicted octanol–water partition coefficient (Wildman–Crippen LogP) is 1.99. The van der Waals surface area contributed by atoms with Crippen LogP contribution in [-0.4, -0.2) is 52.7 Å². The number of amides is 1. The first kappa shape index (κ1) is 21.1. The number of benzene rings is 1. The van der Waals surface area contributed by atoms with Gasteiger partial charge in [0.25, 0.3) is 0 Å². The predicted molar refractivity (Wildman–Crippen MR) is 114 cm³/mol. The fraction of sp³-hybridized carbons (Fsp3) is 0.389. The number of aromatic nitrogens is 2. The fourth-order valence-electron chi connectivity index (χ4n) is 2.86. The average Bonchev–Trinajstić information content (AvgIpc) is 3.06. The topological polar surface area (TPSA) is 65.8 Å². The van der Waals surface area contributed by atoms with Gasteiger partial charge in [-0.05, 0) is 24.6 Å². The zero-order chi connectivity index (χ0) is 18.5. The Morgan fingerprint density at radius 1 is 1.30 bits per heavy atom. The highest BCUT2D eigenvalue weighted by Crippen LogP contribution is 2.16. The van der Waals surface area contributed by atoms with Gasteiger partial charge in [0.2, 0.25) is 5.91 Å². The fourth-order valence-corrected chi connectivity index (χ4v) is 2.86. The standard InChI is InChI=1S/C18H23FN6O.HI/c1-3-20-18(21-10-14-4-6-15(19)7-5-14)24-8-9-25(17(26)13-24)16-11-22-23(2)12-16;/h4-7,11-12H,3,8-10,13H2,1-2H3,(H,20,21);1H. The molecule has 7 nitrogen and oxygen atoms in total. The highest BCUT2D eigenvalue weighted by Gasteiger charge is 2.27. The van der Waals surface area contributed by atoms with Crippen molar-refractivity contribution < 1.29 is 9.18 Å². The molecule has 0 aliphatic carbocycles. The van der Waals surface area contributed by atoms with Crippen molar-refractivity contribution in [3.05, 3.63) is 48.0 Å². The number of guanidine groups is 1. The smallest absolute Gasteiger partial charge is 0.246 e. The van der Waals surface area contributed by atoms with Crippen molar-refractivity contribution in [1.82, 2.24) is 20.0 Å². The Kier molecular flexibility index (Phi) is 7.57. The van der Waals surface area contributed by atoms with E-state index in [-0.39, 0.29) is 42.2 Å². The van der Waals surface area contributed by atoms with E-state index >= 15 is 0 Å². The summed E-state index contributed by atoms with van der Waals surface area (Å²) in [5, 5.41) is 7.35. The zero-order valence-corrected chi connectivity index (χ0v) is 17.8. The molecule has 2 aromatic rings. The maximum Gasteiger partial charge on any atom is 0.246 e. The summed E-state index contributed by atoms with van der Waals surface area (Å²) in [5.74, 6) is 0.439. The van der Waals surface area contributed by atoms with Crippen LogP contribution in [0.25, 0.3) is 0 Å². The van der Waals surface area contributed by atoms with E-state index in [4.69, 9.17) is 0 Å². The Morgan fingerprint density at radius 2 is 2.04 bits per heavy atom. The van der Waals surface area contributed by atoms with Gasteiger partial charge in [-0.1, -0.05) is 12.1 Å². The third-order valence-electron chi connectivity index (χ3n) is 4.18. The normalized spacial score (nSPS) is 14.9. The van der Waals surface area contributed by atoms with Gasteiger partial charge in [-0.25, -0.2) is 9.38 Å². The van der Waals surface area contributed by atoms with Gasteiger partial charge in [0, 0.05) is 32.9 Å². The van der Waals surface area contributed by atoms with Gasteiger partial charge in [-0.15, -0.1) is 24.0 Å². The number of halogens is 2. The van der Waals surface area contributed by atoms with Crippen LogP contribution in [0.4, 0.5) is 10.1 Å². The number of aliphatic imine (C=N–C) groups is 1. The van der Waals surface area contributed by atoms with Crippen molar-refractivity contribution in [3.8, 4) is 0 Å². The van der Waals surface area contributed by atoms with Crippen LogP contribution in [0, 0.1) is 5.82 Å². The van der Waals surface area contributed by atoms with E-state index in [0.717, 1.165) is 11.3 Å². The molecule has 0 bridgehead atoms. The van der Waals surface area contributed by atoms with Crippen LogP contribution in [0.15, 0.2) is 41.7 Å². The highest BCUT2D eigenvalue weighted by atomic mass is 127. The molecule has 1 aromatic heterocycles.